The van der Waals surface area contributed by atoms with Crippen LogP contribution in [-0.4, -0.2) is 25.2 Å². The van der Waals surface area contributed by atoms with Crippen LogP contribution in [0.4, 0.5) is 0 Å². The quantitative estimate of drug-likeness (QED) is 0.482. The van der Waals surface area contributed by atoms with Crippen LogP contribution in [0.3, 0.4) is 0 Å². The van der Waals surface area contributed by atoms with Crippen molar-refractivity contribution in [1.82, 2.24) is 5.32 Å². The van der Waals surface area contributed by atoms with E-state index in [1.165, 1.54) is 12.8 Å². The van der Waals surface area contributed by atoms with Crippen LogP contribution in [0.25, 0.3) is 0 Å². The van der Waals surface area contributed by atoms with E-state index in [9.17, 15) is 4.79 Å². The van der Waals surface area contributed by atoms with E-state index in [1.807, 2.05) is 0 Å². The summed E-state index contributed by atoms with van der Waals surface area (Å²) in [5.74, 6) is -0.0680. The number of unbranched alkanes of at least 4 members (excludes halogenated alkanes) is 1. The Kier molecular flexibility index (Phi) is 4.83. The lowest BCUT2D eigenvalue weighted by atomic mass is 10.3. The van der Waals surface area contributed by atoms with Gasteiger partial charge in [-0.15, -0.1) is 0 Å². The van der Waals surface area contributed by atoms with Crippen LogP contribution in [-0.2, 0) is 9.53 Å². The fourth-order valence-corrected chi connectivity index (χ4v) is 1.07. The molecule has 0 spiro atoms. The van der Waals surface area contributed by atoms with Gasteiger partial charge in [0.1, 0.15) is 0 Å². The molecular formula is C10H19NO2. The number of ether oxygens (including phenoxy) is 1. The number of esters is 1. The first-order chi connectivity index (χ1) is 6.33. The van der Waals surface area contributed by atoms with Crippen LogP contribution in [0.5, 0.6) is 0 Å². The molecule has 0 radical (unpaired) electrons. The van der Waals surface area contributed by atoms with Crippen LogP contribution in [0.2, 0.25) is 0 Å². The summed E-state index contributed by atoms with van der Waals surface area (Å²) in [7, 11) is 0. The van der Waals surface area contributed by atoms with E-state index in [0.717, 1.165) is 19.4 Å². The molecule has 0 aromatic heterocycles. The zero-order chi connectivity index (χ0) is 9.52. The van der Waals surface area contributed by atoms with Crippen LogP contribution >= 0.6 is 0 Å². The molecule has 0 aromatic rings. The number of carbonyl (C=O) groups excluding carboxylic acids is 1. The summed E-state index contributed by atoms with van der Waals surface area (Å²) in [4.78, 5) is 11.1. The molecule has 13 heavy (non-hydrogen) atoms. The molecule has 1 aliphatic carbocycles. The van der Waals surface area contributed by atoms with E-state index in [1.54, 1.807) is 0 Å². The standard InChI is InChI=1S/C10H19NO2/c1-2-3-8-13-10(12)6-7-11-9-4-5-9/h9,11H,2-8H2,1H3. The van der Waals surface area contributed by atoms with E-state index < -0.39 is 0 Å². The average molecular weight is 185 g/mol. The van der Waals surface area contributed by atoms with Crippen molar-refractivity contribution in [1.29, 1.82) is 0 Å². The summed E-state index contributed by atoms with van der Waals surface area (Å²) in [5, 5.41) is 3.28. The van der Waals surface area contributed by atoms with Crippen LogP contribution in [0.1, 0.15) is 39.0 Å². The molecule has 1 rings (SSSR count). The van der Waals surface area contributed by atoms with Gasteiger partial charge in [0.05, 0.1) is 13.0 Å². The number of carbonyl (C=O) groups is 1. The van der Waals surface area contributed by atoms with Gasteiger partial charge in [-0.05, 0) is 19.3 Å². The van der Waals surface area contributed by atoms with Gasteiger partial charge in [-0.2, -0.15) is 0 Å². The summed E-state index contributed by atoms with van der Waals surface area (Å²) >= 11 is 0. The third-order valence-corrected chi connectivity index (χ3v) is 2.10. The van der Waals surface area contributed by atoms with Crippen LogP contribution in [0.15, 0.2) is 0 Å². The molecule has 0 atom stereocenters. The van der Waals surface area contributed by atoms with Crippen molar-refractivity contribution in [3.05, 3.63) is 0 Å². The molecule has 1 N–H and O–H groups in total. The Morgan fingerprint density at radius 2 is 2.31 bits per heavy atom. The van der Waals surface area contributed by atoms with Gasteiger partial charge in [-0.1, -0.05) is 13.3 Å². The van der Waals surface area contributed by atoms with E-state index >= 15 is 0 Å². The number of rotatable bonds is 7. The normalized spacial score (nSPS) is 15.8. The highest BCUT2D eigenvalue weighted by Crippen LogP contribution is 2.18. The van der Waals surface area contributed by atoms with Gasteiger partial charge in [-0.3, -0.25) is 4.79 Å². The molecule has 0 saturated heterocycles. The molecular weight excluding hydrogens is 166 g/mol. The minimum atomic E-state index is -0.0680. The van der Waals surface area contributed by atoms with E-state index in [2.05, 4.69) is 12.2 Å². The predicted octanol–water partition coefficient (Wildman–Crippen LogP) is 1.47. The van der Waals surface area contributed by atoms with Crippen molar-refractivity contribution >= 4 is 5.97 Å². The van der Waals surface area contributed by atoms with E-state index in [0.29, 0.717) is 19.1 Å². The zero-order valence-electron chi connectivity index (χ0n) is 8.34. The highest BCUT2D eigenvalue weighted by atomic mass is 16.5. The first kappa shape index (κ1) is 10.5. The molecule has 0 unspecified atom stereocenters. The smallest absolute Gasteiger partial charge is 0.307 e. The topological polar surface area (TPSA) is 38.3 Å². The van der Waals surface area contributed by atoms with Gasteiger partial charge < -0.3 is 10.1 Å². The molecule has 1 aliphatic rings. The van der Waals surface area contributed by atoms with Gasteiger partial charge in [0.2, 0.25) is 0 Å². The van der Waals surface area contributed by atoms with Gasteiger partial charge in [0.15, 0.2) is 0 Å². The Morgan fingerprint density at radius 3 is 2.92 bits per heavy atom. The molecule has 1 saturated carbocycles. The molecule has 3 heteroatoms. The molecule has 0 heterocycles. The maximum absolute atomic E-state index is 11.1. The summed E-state index contributed by atoms with van der Waals surface area (Å²) in [5.41, 5.74) is 0. The highest BCUT2D eigenvalue weighted by Gasteiger charge is 2.20. The Morgan fingerprint density at radius 1 is 1.54 bits per heavy atom. The second-order valence-electron chi connectivity index (χ2n) is 3.55. The number of nitrogens with one attached hydrogen (secondary N) is 1. The van der Waals surface area contributed by atoms with E-state index in [4.69, 9.17) is 4.74 Å². The fourth-order valence-electron chi connectivity index (χ4n) is 1.07. The maximum Gasteiger partial charge on any atom is 0.307 e. The molecule has 1 fully saturated rings. The van der Waals surface area contributed by atoms with Crippen molar-refractivity contribution in [2.24, 2.45) is 0 Å². The first-order valence-electron chi connectivity index (χ1n) is 5.22. The van der Waals surface area contributed by atoms with Gasteiger partial charge in [-0.25, -0.2) is 0 Å². The molecule has 0 bridgehead atoms. The lowest BCUT2D eigenvalue weighted by Crippen LogP contribution is -2.21. The molecule has 0 aromatic carbocycles. The minimum Gasteiger partial charge on any atom is -0.466 e. The lowest BCUT2D eigenvalue weighted by molar-refractivity contribution is -0.143. The third kappa shape index (κ3) is 5.64. The Hall–Kier alpha value is -0.570. The summed E-state index contributed by atoms with van der Waals surface area (Å²) in [6, 6.07) is 0.684. The summed E-state index contributed by atoms with van der Waals surface area (Å²) in [6.07, 6.45) is 5.10. The number of hydrogen-bond acceptors (Lipinski definition) is 3. The van der Waals surface area contributed by atoms with Crippen molar-refractivity contribution in [3.63, 3.8) is 0 Å². The van der Waals surface area contributed by atoms with Crippen molar-refractivity contribution in [2.75, 3.05) is 13.2 Å². The predicted molar refractivity (Wildman–Crippen MR) is 51.5 cm³/mol. The highest BCUT2D eigenvalue weighted by molar-refractivity contribution is 5.69. The molecule has 76 valence electrons. The third-order valence-electron chi connectivity index (χ3n) is 2.10. The molecule has 0 amide bonds. The Labute approximate surface area is 79.8 Å². The molecule has 0 aliphatic heterocycles. The summed E-state index contributed by atoms with van der Waals surface area (Å²) in [6.45, 7) is 3.44. The SMILES string of the molecule is CCCCOC(=O)CCNC1CC1. The fraction of sp³-hybridized carbons (Fsp3) is 0.900. The molecule has 3 nitrogen and oxygen atoms in total. The van der Waals surface area contributed by atoms with Crippen molar-refractivity contribution < 1.29 is 9.53 Å². The monoisotopic (exact) mass is 185 g/mol. The first-order valence-corrected chi connectivity index (χ1v) is 5.22. The van der Waals surface area contributed by atoms with Gasteiger partial charge in [0, 0.05) is 12.6 Å². The van der Waals surface area contributed by atoms with Gasteiger partial charge in [0.25, 0.3) is 0 Å². The van der Waals surface area contributed by atoms with Crippen molar-refractivity contribution in [2.45, 2.75) is 45.1 Å². The maximum atomic E-state index is 11.1. The second-order valence-corrected chi connectivity index (χ2v) is 3.55. The zero-order valence-corrected chi connectivity index (χ0v) is 8.34. The van der Waals surface area contributed by atoms with E-state index in [-0.39, 0.29) is 5.97 Å². The van der Waals surface area contributed by atoms with Crippen LogP contribution in [0, 0.1) is 0 Å². The largest absolute Gasteiger partial charge is 0.466 e. The minimum absolute atomic E-state index is 0.0680. The Bertz CT molecular complexity index is 155. The lowest BCUT2D eigenvalue weighted by Gasteiger charge is -2.04. The van der Waals surface area contributed by atoms with Crippen LogP contribution < -0.4 is 5.32 Å². The van der Waals surface area contributed by atoms with Gasteiger partial charge >= 0.3 is 5.97 Å². The Balaban J connectivity index is 1.84. The number of hydrogen-bond donors (Lipinski definition) is 1. The average Bonchev–Trinajstić information content (AvgIpc) is 2.89. The van der Waals surface area contributed by atoms with Crippen molar-refractivity contribution in [3.8, 4) is 0 Å². The summed E-state index contributed by atoms with van der Waals surface area (Å²) < 4.78 is 5.01. The second kappa shape index (κ2) is 5.97.